The van der Waals surface area contributed by atoms with Gasteiger partial charge in [-0.2, -0.15) is 0 Å². The van der Waals surface area contributed by atoms with Gasteiger partial charge in [0.25, 0.3) is 0 Å². The summed E-state index contributed by atoms with van der Waals surface area (Å²) < 4.78 is 19.2. The Morgan fingerprint density at radius 2 is 1.00 bits per heavy atom. The number of para-hydroxylation sites is 3. The minimum atomic E-state index is -0.371. The van der Waals surface area contributed by atoms with Crippen molar-refractivity contribution < 1.29 is 4.39 Å². The molecule has 0 radical (unpaired) electrons. The van der Waals surface area contributed by atoms with Gasteiger partial charge in [0, 0.05) is 43.8 Å². The van der Waals surface area contributed by atoms with Crippen molar-refractivity contribution in [2.45, 2.75) is 19.3 Å². The zero-order chi connectivity index (χ0) is 36.1. The van der Waals surface area contributed by atoms with Crippen LogP contribution in [0.4, 0.5) is 4.39 Å². The van der Waals surface area contributed by atoms with Crippen molar-refractivity contribution in [1.82, 2.24) is 19.1 Å². The first-order chi connectivity index (χ1) is 26.5. The van der Waals surface area contributed by atoms with Gasteiger partial charge in [-0.05, 0) is 70.8 Å². The van der Waals surface area contributed by atoms with E-state index >= 15 is 0 Å². The van der Waals surface area contributed by atoms with Gasteiger partial charge in [-0.25, -0.2) is 14.4 Å². The molecule has 3 aromatic heterocycles. The molecule has 256 valence electrons. The molecule has 0 amide bonds. The number of nitrogens with zero attached hydrogens (tertiary/aromatic N) is 4. The van der Waals surface area contributed by atoms with Crippen molar-refractivity contribution in [2.24, 2.45) is 0 Å². The van der Waals surface area contributed by atoms with E-state index in [1.807, 2.05) is 24.3 Å². The summed E-state index contributed by atoms with van der Waals surface area (Å²) in [5, 5.41) is 4.63. The third-order valence-electron chi connectivity index (χ3n) is 11.4. The van der Waals surface area contributed by atoms with E-state index in [0.29, 0.717) is 5.95 Å². The molecule has 0 bridgehead atoms. The molecule has 1 aliphatic rings. The van der Waals surface area contributed by atoms with Crippen molar-refractivity contribution in [3.63, 3.8) is 0 Å². The average Bonchev–Trinajstić information content (AvgIpc) is 3.81. The fraction of sp³-hybridized carbons (Fsp3) is 0.0612. The molecule has 3 heterocycles. The summed E-state index contributed by atoms with van der Waals surface area (Å²) in [4.78, 5) is 10.8. The number of benzene rings is 7. The number of aromatic nitrogens is 4. The van der Waals surface area contributed by atoms with Crippen molar-refractivity contribution in [1.29, 1.82) is 0 Å². The molecular formula is C49H33FN4. The Labute approximate surface area is 311 Å². The van der Waals surface area contributed by atoms with Crippen molar-refractivity contribution in [3.05, 3.63) is 181 Å². The van der Waals surface area contributed by atoms with E-state index in [2.05, 4.69) is 150 Å². The number of fused-ring (bicyclic) bond motifs is 10. The Morgan fingerprint density at radius 3 is 1.69 bits per heavy atom. The van der Waals surface area contributed by atoms with E-state index < -0.39 is 0 Å². The molecule has 0 unspecified atom stereocenters. The van der Waals surface area contributed by atoms with E-state index in [1.165, 1.54) is 10.8 Å². The van der Waals surface area contributed by atoms with Gasteiger partial charge < -0.3 is 4.57 Å². The molecule has 0 fully saturated rings. The van der Waals surface area contributed by atoms with E-state index in [4.69, 9.17) is 9.97 Å². The molecule has 7 aromatic carbocycles. The van der Waals surface area contributed by atoms with Gasteiger partial charge >= 0.3 is 0 Å². The van der Waals surface area contributed by atoms with Gasteiger partial charge in [-0.1, -0.05) is 129 Å². The van der Waals surface area contributed by atoms with Gasteiger partial charge in [-0.3, -0.25) is 4.57 Å². The Bertz CT molecular complexity index is 3140. The smallest absolute Gasteiger partial charge is 0.235 e. The summed E-state index contributed by atoms with van der Waals surface area (Å²) >= 11 is 0. The first kappa shape index (κ1) is 30.7. The minimum absolute atomic E-state index is 0.214. The molecular weight excluding hydrogens is 664 g/mol. The summed E-state index contributed by atoms with van der Waals surface area (Å²) in [6.45, 7) is 4.35. The molecule has 11 rings (SSSR count). The van der Waals surface area contributed by atoms with Crippen molar-refractivity contribution in [2.75, 3.05) is 0 Å². The monoisotopic (exact) mass is 696 g/mol. The maximum absolute atomic E-state index is 14.5. The fourth-order valence-electron chi connectivity index (χ4n) is 8.86. The Balaban J connectivity index is 1.24. The molecule has 0 aliphatic heterocycles. The molecule has 5 heteroatoms. The van der Waals surface area contributed by atoms with Crippen LogP contribution in [0.5, 0.6) is 0 Å². The lowest BCUT2D eigenvalue weighted by Crippen LogP contribution is -2.15. The van der Waals surface area contributed by atoms with E-state index in [-0.39, 0.29) is 11.2 Å². The summed E-state index contributed by atoms with van der Waals surface area (Å²) in [5.74, 6) is 0.384. The van der Waals surface area contributed by atoms with E-state index in [1.54, 1.807) is 12.1 Å². The summed E-state index contributed by atoms with van der Waals surface area (Å²) in [6, 6.07) is 56.4. The lowest BCUT2D eigenvalue weighted by molar-refractivity contribution is 0.609. The molecule has 0 N–H and O–H groups in total. The number of hydrogen-bond acceptors (Lipinski definition) is 2. The highest BCUT2D eigenvalue weighted by molar-refractivity contribution is 6.23. The van der Waals surface area contributed by atoms with Crippen LogP contribution in [0.1, 0.15) is 25.0 Å². The van der Waals surface area contributed by atoms with Crippen LogP contribution in [0.2, 0.25) is 0 Å². The van der Waals surface area contributed by atoms with Crippen molar-refractivity contribution in [3.8, 4) is 45.3 Å². The van der Waals surface area contributed by atoms with Crippen LogP contribution < -0.4 is 0 Å². The summed E-state index contributed by atoms with van der Waals surface area (Å²) in [6.07, 6.45) is 0. The number of hydrogen-bond donors (Lipinski definition) is 0. The molecule has 0 saturated carbocycles. The Hall–Kier alpha value is -6.85. The third kappa shape index (κ3) is 4.36. The van der Waals surface area contributed by atoms with Gasteiger partial charge in [0.2, 0.25) is 5.95 Å². The second kappa shape index (κ2) is 11.3. The second-order valence-corrected chi connectivity index (χ2v) is 14.8. The van der Waals surface area contributed by atoms with Crippen LogP contribution in [-0.4, -0.2) is 19.1 Å². The predicted molar refractivity (Wildman–Crippen MR) is 219 cm³/mol. The Kier molecular flexibility index (Phi) is 6.45. The normalized spacial score (nSPS) is 13.2. The van der Waals surface area contributed by atoms with Gasteiger partial charge in [0.05, 0.1) is 33.5 Å². The maximum atomic E-state index is 14.5. The van der Waals surface area contributed by atoms with Crippen LogP contribution in [0.15, 0.2) is 164 Å². The zero-order valence-corrected chi connectivity index (χ0v) is 29.8. The van der Waals surface area contributed by atoms with Gasteiger partial charge in [0.1, 0.15) is 5.82 Å². The first-order valence-corrected chi connectivity index (χ1v) is 18.4. The maximum Gasteiger partial charge on any atom is 0.235 e. The predicted octanol–water partition coefficient (Wildman–Crippen LogP) is 12.5. The second-order valence-electron chi connectivity index (χ2n) is 14.8. The number of halogens is 1. The Morgan fingerprint density at radius 1 is 0.463 bits per heavy atom. The largest absolute Gasteiger partial charge is 0.307 e. The molecule has 10 aromatic rings. The molecule has 54 heavy (non-hydrogen) atoms. The highest BCUT2D eigenvalue weighted by Gasteiger charge is 2.36. The molecule has 0 atom stereocenters. The molecule has 0 saturated heterocycles. The van der Waals surface area contributed by atoms with Gasteiger partial charge in [-0.15, -0.1) is 0 Å². The zero-order valence-electron chi connectivity index (χ0n) is 29.8. The van der Waals surface area contributed by atoms with Crippen molar-refractivity contribution >= 4 is 43.6 Å². The quantitative estimate of drug-likeness (QED) is 0.184. The molecule has 0 spiro atoms. The van der Waals surface area contributed by atoms with Gasteiger partial charge in [0.15, 0.2) is 0 Å². The van der Waals surface area contributed by atoms with Crippen LogP contribution in [0.25, 0.3) is 88.9 Å². The molecule has 4 nitrogen and oxygen atoms in total. The third-order valence-corrected chi connectivity index (χ3v) is 11.4. The highest BCUT2D eigenvalue weighted by Crippen LogP contribution is 2.50. The molecule has 1 aliphatic carbocycles. The first-order valence-electron chi connectivity index (χ1n) is 18.4. The SMILES string of the molecule is CC1(C)c2cc(F)ccc2-c2ccc(-c3cc(-c4ccccc4)nc(-n4c5ccccc5c5ccc6c7ccccc7n(-c7ccccc7)c6c54)n3)cc21. The van der Waals surface area contributed by atoms with Crippen LogP contribution in [-0.2, 0) is 5.41 Å². The standard InChI is InChI=1S/C49H33FN4/c1-49(2)40-27-31(21-23-34(40)35-24-22-32(50)28-41(35)49)43-29-42(30-13-5-3-6-14-30)51-48(52-43)54-45-20-12-10-18-37(45)39-26-25-38-36-17-9-11-19-44(36)53(46(38)47(39)54)33-15-7-4-8-16-33/h3-29H,1-2H3. The van der Waals surface area contributed by atoms with Crippen LogP contribution >= 0.6 is 0 Å². The van der Waals surface area contributed by atoms with E-state index in [0.717, 1.165) is 83.3 Å². The number of rotatable bonds is 4. The lowest BCUT2D eigenvalue weighted by atomic mass is 9.82. The highest BCUT2D eigenvalue weighted by atomic mass is 19.1. The van der Waals surface area contributed by atoms with E-state index in [9.17, 15) is 4.39 Å². The fourth-order valence-corrected chi connectivity index (χ4v) is 8.86. The summed E-state index contributed by atoms with van der Waals surface area (Å²) in [5.41, 5.74) is 13.1. The van der Waals surface area contributed by atoms with Crippen LogP contribution in [0.3, 0.4) is 0 Å². The summed E-state index contributed by atoms with van der Waals surface area (Å²) in [7, 11) is 0. The topological polar surface area (TPSA) is 35.6 Å². The van der Waals surface area contributed by atoms with Crippen LogP contribution in [0, 0.1) is 5.82 Å². The average molecular weight is 697 g/mol. The lowest BCUT2D eigenvalue weighted by Gasteiger charge is -2.22. The minimum Gasteiger partial charge on any atom is -0.307 e.